The second-order valence-corrected chi connectivity index (χ2v) is 2.50. The third kappa shape index (κ3) is 5.35. The minimum absolute atomic E-state index is 0.205. The van der Waals surface area contributed by atoms with E-state index in [9.17, 15) is 4.79 Å². The number of carbonyl (C=O) groups excluding carboxylic acids is 1. The molecule has 58 valence electrons. The van der Waals surface area contributed by atoms with Crippen molar-refractivity contribution in [2.24, 2.45) is 0 Å². The van der Waals surface area contributed by atoms with Crippen molar-refractivity contribution < 1.29 is 4.79 Å². The molecule has 0 rings (SSSR count). The number of carbonyl (C=O) groups is 1. The smallest absolute Gasteiger partial charge is 0.157 e. The Labute approximate surface area is 62.5 Å². The van der Waals surface area contributed by atoms with Crippen LogP contribution in [0, 0.1) is 0 Å². The summed E-state index contributed by atoms with van der Waals surface area (Å²) in [4.78, 5) is 12.7. The Bertz CT molecular complexity index is 127. The van der Waals surface area contributed by atoms with Gasteiger partial charge in [0.05, 0.1) is 0 Å². The molecule has 2 nitrogen and oxygen atoms in total. The molecule has 0 aliphatic rings. The van der Waals surface area contributed by atoms with Gasteiger partial charge in [0.15, 0.2) is 5.78 Å². The van der Waals surface area contributed by atoms with Crippen LogP contribution in [0.15, 0.2) is 12.3 Å². The lowest BCUT2D eigenvalue weighted by Crippen LogP contribution is -2.02. The van der Waals surface area contributed by atoms with Gasteiger partial charge in [-0.3, -0.25) is 4.79 Å². The lowest BCUT2D eigenvalue weighted by molar-refractivity contribution is -0.114. The van der Waals surface area contributed by atoms with Crippen molar-refractivity contribution >= 4 is 5.78 Å². The summed E-state index contributed by atoms with van der Waals surface area (Å²) in [6, 6.07) is 0. The van der Waals surface area contributed by atoms with Crippen molar-refractivity contribution in [2.45, 2.75) is 19.8 Å². The Morgan fingerprint density at radius 3 is 2.50 bits per heavy atom. The molecule has 0 aromatic carbocycles. The van der Waals surface area contributed by atoms with E-state index in [4.69, 9.17) is 0 Å². The second kappa shape index (κ2) is 5.03. The van der Waals surface area contributed by atoms with Crippen molar-refractivity contribution in [3.05, 3.63) is 12.3 Å². The Kier molecular flexibility index (Phi) is 4.63. The first kappa shape index (κ1) is 9.21. The molecule has 0 heterocycles. The highest BCUT2D eigenvalue weighted by Crippen LogP contribution is 1.90. The molecule has 0 aromatic heterocycles. The van der Waals surface area contributed by atoms with Crippen LogP contribution in [0.2, 0.25) is 0 Å². The predicted octanol–water partition coefficient (Wildman–Crippen LogP) is 1.43. The van der Waals surface area contributed by atoms with Crippen molar-refractivity contribution in [1.82, 2.24) is 4.90 Å². The van der Waals surface area contributed by atoms with E-state index < -0.39 is 0 Å². The number of hydrogen-bond donors (Lipinski definition) is 0. The predicted molar refractivity (Wildman–Crippen MR) is 42.7 cm³/mol. The fraction of sp³-hybridized carbons (Fsp3) is 0.625. The normalized spacial score (nSPS) is 10.3. The number of allylic oxidation sites excluding steroid dienone is 1. The van der Waals surface area contributed by atoms with Crippen molar-refractivity contribution in [1.29, 1.82) is 0 Å². The van der Waals surface area contributed by atoms with Crippen molar-refractivity contribution in [3.8, 4) is 0 Å². The zero-order valence-electron chi connectivity index (χ0n) is 6.92. The summed E-state index contributed by atoms with van der Waals surface area (Å²) in [5.74, 6) is 0.205. The quantitative estimate of drug-likeness (QED) is 0.552. The van der Waals surface area contributed by atoms with E-state index in [2.05, 4.69) is 0 Å². The zero-order valence-corrected chi connectivity index (χ0v) is 6.92. The summed E-state index contributed by atoms with van der Waals surface area (Å²) in [7, 11) is 3.80. The summed E-state index contributed by atoms with van der Waals surface area (Å²) in [5.41, 5.74) is 0. The number of hydrogen-bond acceptors (Lipinski definition) is 2. The molecule has 10 heavy (non-hydrogen) atoms. The maximum absolute atomic E-state index is 10.8. The van der Waals surface area contributed by atoms with Crippen LogP contribution in [0.25, 0.3) is 0 Å². The molecule has 0 amide bonds. The molecule has 0 aromatic rings. The van der Waals surface area contributed by atoms with Gasteiger partial charge in [-0.15, -0.1) is 0 Å². The highest BCUT2D eigenvalue weighted by atomic mass is 16.1. The zero-order chi connectivity index (χ0) is 7.98. The van der Waals surface area contributed by atoms with Gasteiger partial charge >= 0.3 is 0 Å². The molecule has 2 heteroatoms. The van der Waals surface area contributed by atoms with Gasteiger partial charge < -0.3 is 4.90 Å². The Hall–Kier alpha value is -0.790. The van der Waals surface area contributed by atoms with E-state index in [1.165, 1.54) is 0 Å². The van der Waals surface area contributed by atoms with E-state index in [1.807, 2.05) is 25.9 Å². The van der Waals surface area contributed by atoms with Crippen LogP contribution in [0.3, 0.4) is 0 Å². The average molecular weight is 141 g/mol. The lowest BCUT2D eigenvalue weighted by Gasteiger charge is -2.01. The third-order valence-electron chi connectivity index (χ3n) is 1.05. The van der Waals surface area contributed by atoms with Gasteiger partial charge in [0, 0.05) is 26.7 Å². The minimum Gasteiger partial charge on any atom is -0.383 e. The van der Waals surface area contributed by atoms with Crippen molar-refractivity contribution in [2.75, 3.05) is 14.1 Å². The molecule has 0 fully saturated rings. The van der Waals surface area contributed by atoms with E-state index in [0.717, 1.165) is 6.42 Å². The van der Waals surface area contributed by atoms with Crippen LogP contribution >= 0.6 is 0 Å². The van der Waals surface area contributed by atoms with Crippen LogP contribution in [0.1, 0.15) is 19.8 Å². The molecule has 0 unspecified atom stereocenters. The first-order valence-electron chi connectivity index (χ1n) is 3.54. The summed E-state index contributed by atoms with van der Waals surface area (Å²) >= 11 is 0. The summed E-state index contributed by atoms with van der Waals surface area (Å²) in [6.45, 7) is 2.00. The highest BCUT2D eigenvalue weighted by Gasteiger charge is 1.91. The Morgan fingerprint density at radius 1 is 1.50 bits per heavy atom. The monoisotopic (exact) mass is 141 g/mol. The fourth-order valence-corrected chi connectivity index (χ4v) is 0.562. The van der Waals surface area contributed by atoms with Crippen LogP contribution < -0.4 is 0 Å². The largest absolute Gasteiger partial charge is 0.383 e. The average Bonchev–Trinajstić information content (AvgIpc) is 1.85. The van der Waals surface area contributed by atoms with Gasteiger partial charge in [0.2, 0.25) is 0 Å². The van der Waals surface area contributed by atoms with E-state index in [0.29, 0.717) is 6.42 Å². The number of rotatable bonds is 4. The van der Waals surface area contributed by atoms with E-state index >= 15 is 0 Å². The molecule has 0 aliphatic heterocycles. The summed E-state index contributed by atoms with van der Waals surface area (Å²) in [6.07, 6.45) is 4.97. The summed E-state index contributed by atoms with van der Waals surface area (Å²) < 4.78 is 0. The Balaban J connectivity index is 3.56. The van der Waals surface area contributed by atoms with Crippen molar-refractivity contribution in [3.63, 3.8) is 0 Å². The first-order valence-corrected chi connectivity index (χ1v) is 3.54. The number of ketones is 1. The SMILES string of the molecule is CCCC(=O)/C=C\N(C)C. The molecule has 0 N–H and O–H groups in total. The Morgan fingerprint density at radius 2 is 2.10 bits per heavy atom. The van der Waals surface area contributed by atoms with E-state index in [1.54, 1.807) is 12.3 Å². The van der Waals surface area contributed by atoms with Gasteiger partial charge in [-0.1, -0.05) is 6.92 Å². The van der Waals surface area contributed by atoms with Gasteiger partial charge in [-0.05, 0) is 12.5 Å². The van der Waals surface area contributed by atoms with Gasteiger partial charge in [0.1, 0.15) is 0 Å². The molecule has 0 aliphatic carbocycles. The van der Waals surface area contributed by atoms with Gasteiger partial charge in [-0.2, -0.15) is 0 Å². The maximum atomic E-state index is 10.8. The fourth-order valence-electron chi connectivity index (χ4n) is 0.562. The molecular formula is C8H15NO. The highest BCUT2D eigenvalue weighted by molar-refractivity contribution is 5.89. The molecule has 0 radical (unpaired) electrons. The van der Waals surface area contributed by atoms with Gasteiger partial charge in [0.25, 0.3) is 0 Å². The maximum Gasteiger partial charge on any atom is 0.157 e. The molecule has 0 bridgehead atoms. The second-order valence-electron chi connectivity index (χ2n) is 2.50. The third-order valence-corrected chi connectivity index (χ3v) is 1.05. The van der Waals surface area contributed by atoms with Crippen LogP contribution in [-0.4, -0.2) is 24.8 Å². The lowest BCUT2D eigenvalue weighted by atomic mass is 10.2. The van der Waals surface area contributed by atoms with Crippen LogP contribution in [-0.2, 0) is 4.79 Å². The van der Waals surface area contributed by atoms with Crippen LogP contribution in [0.5, 0.6) is 0 Å². The standard InChI is InChI=1S/C8H15NO/c1-4-5-8(10)6-7-9(2)3/h6-7H,4-5H2,1-3H3/b7-6-. The first-order chi connectivity index (χ1) is 4.66. The number of nitrogens with zero attached hydrogens (tertiary/aromatic N) is 1. The van der Waals surface area contributed by atoms with Gasteiger partial charge in [-0.25, -0.2) is 0 Å². The minimum atomic E-state index is 0.205. The van der Waals surface area contributed by atoms with E-state index in [-0.39, 0.29) is 5.78 Å². The molecular weight excluding hydrogens is 126 g/mol. The molecule has 0 saturated carbocycles. The van der Waals surface area contributed by atoms with Crippen LogP contribution in [0.4, 0.5) is 0 Å². The topological polar surface area (TPSA) is 20.3 Å². The summed E-state index contributed by atoms with van der Waals surface area (Å²) in [5, 5.41) is 0. The molecule has 0 atom stereocenters. The molecule has 0 spiro atoms. The molecule has 0 saturated heterocycles.